The van der Waals surface area contributed by atoms with Crippen molar-refractivity contribution in [3.8, 4) is 11.3 Å². The van der Waals surface area contributed by atoms with Gasteiger partial charge in [0.2, 0.25) is 0 Å². The van der Waals surface area contributed by atoms with E-state index in [0.717, 1.165) is 35.2 Å². The van der Waals surface area contributed by atoms with E-state index in [0.29, 0.717) is 27.0 Å². The van der Waals surface area contributed by atoms with Crippen LogP contribution >= 0.6 is 22.7 Å². The lowest BCUT2D eigenvalue weighted by Gasteiger charge is -2.01. The maximum Gasteiger partial charge on any atom is 0.270 e. The number of hydrogen-bond donors (Lipinski definition) is 2. The first-order valence-electron chi connectivity index (χ1n) is 9.22. The molecule has 0 spiro atoms. The summed E-state index contributed by atoms with van der Waals surface area (Å²) in [4.78, 5) is 33.6. The first-order chi connectivity index (χ1) is 14.5. The highest BCUT2D eigenvalue weighted by atomic mass is 32.1. The molecule has 30 heavy (non-hydrogen) atoms. The maximum atomic E-state index is 12.8. The van der Waals surface area contributed by atoms with Crippen molar-refractivity contribution in [3.63, 3.8) is 0 Å². The summed E-state index contributed by atoms with van der Waals surface area (Å²) in [5.74, 6) is -0.337. The Hall–Kier alpha value is -3.37. The minimum atomic E-state index is -0.452. The van der Waals surface area contributed by atoms with E-state index in [-0.39, 0.29) is 11.6 Å². The molecule has 8 nitrogen and oxygen atoms in total. The SMILES string of the molecule is Nc1c(C(=O)Nc2nc(-c3cccc([N+](=O)[O-])c3)cs2)sc2nc3c(cc12)CCC3. The van der Waals surface area contributed by atoms with Crippen LogP contribution in [0.5, 0.6) is 0 Å². The molecule has 10 heteroatoms. The summed E-state index contributed by atoms with van der Waals surface area (Å²) >= 11 is 2.53. The van der Waals surface area contributed by atoms with Crippen molar-refractivity contribution in [3.05, 3.63) is 62.0 Å². The highest BCUT2D eigenvalue weighted by Gasteiger charge is 2.22. The average molecular weight is 438 g/mol. The van der Waals surface area contributed by atoms with Gasteiger partial charge in [0.15, 0.2) is 5.13 Å². The highest BCUT2D eigenvalue weighted by Crippen LogP contribution is 2.36. The molecule has 3 aromatic heterocycles. The number of nitro benzene ring substituents is 1. The van der Waals surface area contributed by atoms with Crippen molar-refractivity contribution in [1.82, 2.24) is 9.97 Å². The summed E-state index contributed by atoms with van der Waals surface area (Å²) in [5.41, 5.74) is 10.2. The fourth-order valence-corrected chi connectivity index (χ4v) is 5.27. The van der Waals surface area contributed by atoms with E-state index < -0.39 is 4.92 Å². The van der Waals surface area contributed by atoms with Gasteiger partial charge in [-0.3, -0.25) is 20.2 Å². The molecule has 0 fully saturated rings. The molecular weight excluding hydrogens is 422 g/mol. The molecule has 0 saturated carbocycles. The fourth-order valence-electron chi connectivity index (χ4n) is 3.56. The van der Waals surface area contributed by atoms with Crippen LogP contribution in [0.25, 0.3) is 21.5 Å². The van der Waals surface area contributed by atoms with Crippen LogP contribution in [0.4, 0.5) is 16.5 Å². The number of fused-ring (bicyclic) bond motifs is 2. The lowest BCUT2D eigenvalue weighted by molar-refractivity contribution is -0.384. The Morgan fingerprint density at radius 3 is 2.93 bits per heavy atom. The molecule has 0 radical (unpaired) electrons. The molecule has 0 aliphatic heterocycles. The summed E-state index contributed by atoms with van der Waals surface area (Å²) in [6.07, 6.45) is 3.06. The van der Waals surface area contributed by atoms with Gasteiger partial charge < -0.3 is 5.73 Å². The second-order valence-electron chi connectivity index (χ2n) is 6.94. The van der Waals surface area contributed by atoms with E-state index in [1.165, 1.54) is 40.4 Å². The number of nitrogens with two attached hydrogens (primary N) is 1. The summed E-state index contributed by atoms with van der Waals surface area (Å²) in [6, 6.07) is 8.27. The zero-order chi connectivity index (χ0) is 20.8. The highest BCUT2D eigenvalue weighted by molar-refractivity contribution is 7.21. The smallest absolute Gasteiger partial charge is 0.270 e. The van der Waals surface area contributed by atoms with Gasteiger partial charge >= 0.3 is 0 Å². The first kappa shape index (κ1) is 18.6. The Balaban J connectivity index is 1.41. The van der Waals surface area contributed by atoms with E-state index in [2.05, 4.69) is 21.4 Å². The van der Waals surface area contributed by atoms with Crippen molar-refractivity contribution >= 4 is 55.3 Å². The number of nitrogens with zero attached hydrogens (tertiary/aromatic N) is 3. The number of thiazole rings is 1. The van der Waals surface area contributed by atoms with Crippen molar-refractivity contribution in [1.29, 1.82) is 0 Å². The van der Waals surface area contributed by atoms with Gasteiger partial charge in [0.05, 0.1) is 16.3 Å². The largest absolute Gasteiger partial charge is 0.397 e. The van der Waals surface area contributed by atoms with Gasteiger partial charge in [0.1, 0.15) is 9.71 Å². The Morgan fingerprint density at radius 1 is 1.23 bits per heavy atom. The molecule has 1 aliphatic carbocycles. The number of nitrogen functional groups attached to an aromatic ring is 1. The predicted octanol–water partition coefficient (Wildman–Crippen LogP) is 4.65. The second kappa shape index (κ2) is 7.15. The van der Waals surface area contributed by atoms with Crippen molar-refractivity contribution in [2.75, 3.05) is 11.1 Å². The molecule has 3 heterocycles. The Labute approximate surface area is 178 Å². The molecule has 1 amide bonds. The molecule has 0 unspecified atom stereocenters. The van der Waals surface area contributed by atoms with Crippen LogP contribution in [0.1, 0.15) is 27.3 Å². The fraction of sp³-hybridized carbons (Fsp3) is 0.150. The van der Waals surface area contributed by atoms with Gasteiger partial charge in [-0.25, -0.2) is 9.97 Å². The third-order valence-corrected chi connectivity index (χ3v) is 6.90. The van der Waals surface area contributed by atoms with Gasteiger partial charge in [-0.15, -0.1) is 22.7 Å². The standard InChI is InChI=1S/C20H15N5O3S2/c21-16-13-8-11-4-2-6-14(11)22-19(13)30-17(16)18(26)24-20-23-15(9-29-20)10-3-1-5-12(7-10)25(27)28/h1,3,5,7-9H,2,4,6,21H2,(H,23,24,26). The van der Waals surface area contributed by atoms with Gasteiger partial charge in [-0.2, -0.15) is 0 Å². The van der Waals surface area contributed by atoms with Crippen LogP contribution in [-0.4, -0.2) is 20.8 Å². The number of non-ortho nitro benzene ring substituents is 1. The number of carbonyl (C=O) groups is 1. The molecule has 0 saturated heterocycles. The maximum absolute atomic E-state index is 12.8. The molecule has 0 atom stereocenters. The summed E-state index contributed by atoms with van der Waals surface area (Å²) in [6.45, 7) is 0. The Bertz CT molecular complexity index is 1330. The molecule has 4 aromatic rings. The first-order valence-corrected chi connectivity index (χ1v) is 10.9. The van der Waals surface area contributed by atoms with Crippen LogP contribution in [0.2, 0.25) is 0 Å². The summed E-state index contributed by atoms with van der Waals surface area (Å²) in [5, 5.41) is 16.7. The van der Waals surface area contributed by atoms with Crippen molar-refractivity contribution < 1.29 is 9.72 Å². The van der Waals surface area contributed by atoms with Crippen LogP contribution in [0, 0.1) is 10.1 Å². The predicted molar refractivity (Wildman–Crippen MR) is 118 cm³/mol. The second-order valence-corrected chi connectivity index (χ2v) is 8.80. The average Bonchev–Trinajstić information content (AvgIpc) is 3.46. The quantitative estimate of drug-likeness (QED) is 0.354. The van der Waals surface area contributed by atoms with Crippen LogP contribution < -0.4 is 11.1 Å². The zero-order valence-electron chi connectivity index (χ0n) is 15.5. The van der Waals surface area contributed by atoms with Crippen molar-refractivity contribution in [2.24, 2.45) is 0 Å². The lowest BCUT2D eigenvalue weighted by atomic mass is 10.1. The monoisotopic (exact) mass is 437 g/mol. The molecule has 5 rings (SSSR count). The molecule has 0 bridgehead atoms. The van der Waals surface area contributed by atoms with Crippen LogP contribution in [0.3, 0.4) is 0 Å². The summed E-state index contributed by atoms with van der Waals surface area (Å²) < 4.78 is 0. The molecule has 1 aliphatic rings. The van der Waals surface area contributed by atoms with E-state index in [1.54, 1.807) is 17.5 Å². The number of aromatic nitrogens is 2. The lowest BCUT2D eigenvalue weighted by Crippen LogP contribution is -2.11. The van der Waals surface area contributed by atoms with Gasteiger partial charge in [0.25, 0.3) is 11.6 Å². The zero-order valence-corrected chi connectivity index (χ0v) is 17.2. The minimum Gasteiger partial charge on any atom is -0.397 e. The van der Waals surface area contributed by atoms with Gasteiger partial charge in [0, 0.05) is 34.2 Å². The molecular formula is C20H15N5O3S2. The third-order valence-electron chi connectivity index (χ3n) is 5.03. The number of nitro groups is 1. The molecule has 1 aromatic carbocycles. The molecule has 150 valence electrons. The topological polar surface area (TPSA) is 124 Å². The van der Waals surface area contributed by atoms with E-state index in [9.17, 15) is 14.9 Å². The summed E-state index contributed by atoms with van der Waals surface area (Å²) in [7, 11) is 0. The van der Waals surface area contributed by atoms with Gasteiger partial charge in [-0.1, -0.05) is 12.1 Å². The Kier molecular flexibility index (Phi) is 4.44. The number of hydrogen-bond acceptors (Lipinski definition) is 8. The van der Waals surface area contributed by atoms with E-state index >= 15 is 0 Å². The van der Waals surface area contributed by atoms with E-state index in [1.807, 2.05) is 0 Å². The van der Waals surface area contributed by atoms with Crippen LogP contribution in [0.15, 0.2) is 35.7 Å². The number of aryl methyl sites for hydroxylation is 2. The third kappa shape index (κ3) is 3.19. The normalized spacial score (nSPS) is 12.8. The van der Waals surface area contributed by atoms with Gasteiger partial charge in [-0.05, 0) is 30.9 Å². The number of benzene rings is 1. The number of rotatable bonds is 4. The number of nitrogens with one attached hydrogen (secondary N) is 1. The Morgan fingerprint density at radius 2 is 2.10 bits per heavy atom. The number of anilines is 2. The molecule has 3 N–H and O–H groups in total. The van der Waals surface area contributed by atoms with E-state index in [4.69, 9.17) is 5.73 Å². The number of carbonyl (C=O) groups excluding carboxylic acids is 1. The minimum absolute atomic E-state index is 0.0106. The van der Waals surface area contributed by atoms with Crippen molar-refractivity contribution in [2.45, 2.75) is 19.3 Å². The number of amides is 1. The van der Waals surface area contributed by atoms with Crippen LogP contribution in [-0.2, 0) is 12.8 Å². The number of thiophene rings is 1. The number of pyridine rings is 1.